The molecule has 0 saturated heterocycles. The van der Waals surface area contributed by atoms with Crippen molar-refractivity contribution in [3.8, 4) is 0 Å². The van der Waals surface area contributed by atoms with Crippen molar-refractivity contribution >= 4 is 19.8 Å². The van der Waals surface area contributed by atoms with E-state index in [0.29, 0.717) is 12.8 Å². The maximum absolute atomic E-state index is 12.6. The van der Waals surface area contributed by atoms with E-state index in [2.05, 4.69) is 26.0 Å². The molecule has 0 aromatic rings. The minimum Gasteiger partial charge on any atom is -0.462 e. The molecular formula is C43H83O10P. The molecule has 0 radical (unpaired) electrons. The molecule has 0 rings (SSSR count). The number of esters is 2. The van der Waals surface area contributed by atoms with E-state index in [1.54, 1.807) is 0 Å². The summed E-state index contributed by atoms with van der Waals surface area (Å²) in [6.45, 7) is 2.40. The summed E-state index contributed by atoms with van der Waals surface area (Å²) in [4.78, 5) is 35.0. The molecule has 0 aromatic carbocycles. The Balaban J connectivity index is 4.26. The maximum Gasteiger partial charge on any atom is 0.472 e. The number of phosphoric acid groups is 1. The quantitative estimate of drug-likeness (QED) is 0.0236. The first-order valence-electron chi connectivity index (χ1n) is 22.1. The van der Waals surface area contributed by atoms with Crippen molar-refractivity contribution in [1.82, 2.24) is 0 Å². The van der Waals surface area contributed by atoms with Gasteiger partial charge in [-0.05, 0) is 38.5 Å². The van der Waals surface area contributed by atoms with E-state index in [1.807, 2.05) is 0 Å². The van der Waals surface area contributed by atoms with Crippen LogP contribution in [0.3, 0.4) is 0 Å². The zero-order valence-corrected chi connectivity index (χ0v) is 35.6. The molecule has 0 spiro atoms. The lowest BCUT2D eigenvalue weighted by Gasteiger charge is -2.20. The standard InChI is InChI=1S/C43H83O10P/c1-3-5-7-9-11-13-15-17-19-20-21-23-25-27-29-31-33-35-43(47)53-41(39-52-54(48,49)51-37-40(45)36-44)38-50-42(46)34-32-30-28-26-24-22-18-16-14-12-10-8-6-4-2/h17,19,40-41,44-45H,3-16,18,20-39H2,1-2H3,(H,48,49)/b19-17-/t40-,41+/m0/s1. The number of aliphatic hydroxyl groups is 2. The van der Waals surface area contributed by atoms with Gasteiger partial charge in [-0.3, -0.25) is 18.6 Å². The number of allylic oxidation sites excluding steroid dienone is 2. The lowest BCUT2D eigenvalue weighted by atomic mass is 10.0. The summed E-state index contributed by atoms with van der Waals surface area (Å²) in [7, 11) is -4.61. The number of hydrogen-bond acceptors (Lipinski definition) is 9. The fraction of sp³-hybridized carbons (Fsp3) is 0.907. The van der Waals surface area contributed by atoms with Gasteiger partial charge in [0.25, 0.3) is 0 Å². The summed E-state index contributed by atoms with van der Waals surface area (Å²) in [5.74, 6) is -0.919. The van der Waals surface area contributed by atoms with Crippen LogP contribution in [0.25, 0.3) is 0 Å². The van der Waals surface area contributed by atoms with Crippen molar-refractivity contribution in [2.24, 2.45) is 0 Å². The van der Waals surface area contributed by atoms with Crippen LogP contribution in [-0.2, 0) is 32.7 Å². The molecular weight excluding hydrogens is 707 g/mol. The molecule has 11 heteroatoms. The summed E-state index contributed by atoms with van der Waals surface area (Å²) < 4.78 is 32.7. The number of carbonyl (C=O) groups excluding carboxylic acids is 2. The van der Waals surface area contributed by atoms with Gasteiger partial charge in [-0.1, -0.05) is 174 Å². The Morgan fingerprint density at radius 2 is 0.907 bits per heavy atom. The molecule has 0 bridgehead atoms. The van der Waals surface area contributed by atoms with Gasteiger partial charge in [0.1, 0.15) is 12.7 Å². The minimum absolute atomic E-state index is 0.183. The highest BCUT2D eigenvalue weighted by Crippen LogP contribution is 2.43. The van der Waals surface area contributed by atoms with E-state index < -0.39 is 51.8 Å². The van der Waals surface area contributed by atoms with Crippen molar-refractivity contribution in [2.75, 3.05) is 26.4 Å². The molecule has 0 fully saturated rings. The second-order valence-electron chi connectivity index (χ2n) is 15.1. The third-order valence-corrected chi connectivity index (χ3v) is 10.6. The fourth-order valence-corrected chi connectivity index (χ4v) is 7.01. The predicted octanol–water partition coefficient (Wildman–Crippen LogP) is 11.6. The topological polar surface area (TPSA) is 149 Å². The first kappa shape index (κ1) is 52.7. The Labute approximate surface area is 330 Å². The van der Waals surface area contributed by atoms with Crippen molar-refractivity contribution in [1.29, 1.82) is 0 Å². The Bertz CT molecular complexity index is 915. The molecule has 0 heterocycles. The molecule has 0 aromatic heterocycles. The van der Waals surface area contributed by atoms with Gasteiger partial charge in [-0.15, -0.1) is 0 Å². The van der Waals surface area contributed by atoms with E-state index in [-0.39, 0.29) is 19.4 Å². The van der Waals surface area contributed by atoms with Gasteiger partial charge in [-0.25, -0.2) is 4.57 Å². The van der Waals surface area contributed by atoms with Crippen LogP contribution >= 0.6 is 7.82 Å². The number of phosphoric ester groups is 1. The van der Waals surface area contributed by atoms with E-state index in [9.17, 15) is 24.2 Å². The lowest BCUT2D eigenvalue weighted by molar-refractivity contribution is -0.161. The Kier molecular flexibility index (Phi) is 39.0. The molecule has 3 atom stereocenters. The molecule has 3 N–H and O–H groups in total. The average Bonchev–Trinajstić information content (AvgIpc) is 3.16. The fourth-order valence-electron chi connectivity index (χ4n) is 6.22. The van der Waals surface area contributed by atoms with E-state index >= 15 is 0 Å². The SMILES string of the molecule is CCCCCCCC/C=C\CCCCCCCCCC(=O)O[C@H](COC(=O)CCCCCCCCCCCCCCCC)COP(=O)(O)OC[C@@H](O)CO. The van der Waals surface area contributed by atoms with Crippen molar-refractivity contribution in [2.45, 2.75) is 225 Å². The van der Waals surface area contributed by atoms with Gasteiger partial charge in [0.2, 0.25) is 0 Å². The lowest BCUT2D eigenvalue weighted by Crippen LogP contribution is -2.29. The average molecular weight is 791 g/mol. The smallest absolute Gasteiger partial charge is 0.462 e. The predicted molar refractivity (Wildman–Crippen MR) is 219 cm³/mol. The van der Waals surface area contributed by atoms with Crippen LogP contribution in [0.1, 0.15) is 213 Å². The van der Waals surface area contributed by atoms with E-state index in [1.165, 1.54) is 128 Å². The molecule has 0 aliphatic heterocycles. The van der Waals surface area contributed by atoms with Crippen LogP contribution in [0.5, 0.6) is 0 Å². The van der Waals surface area contributed by atoms with Gasteiger partial charge >= 0.3 is 19.8 Å². The van der Waals surface area contributed by atoms with Crippen LogP contribution in [0.2, 0.25) is 0 Å². The Morgan fingerprint density at radius 1 is 0.537 bits per heavy atom. The number of unbranched alkanes of at least 4 members (excludes halogenated alkanes) is 26. The maximum atomic E-state index is 12.6. The number of aliphatic hydroxyl groups excluding tert-OH is 2. The van der Waals surface area contributed by atoms with Gasteiger partial charge in [0.05, 0.1) is 19.8 Å². The monoisotopic (exact) mass is 791 g/mol. The molecule has 0 aliphatic carbocycles. The summed E-state index contributed by atoms with van der Waals surface area (Å²) in [6, 6.07) is 0. The first-order valence-corrected chi connectivity index (χ1v) is 23.6. The number of hydrogen-bond donors (Lipinski definition) is 3. The Hall–Kier alpha value is -1.29. The largest absolute Gasteiger partial charge is 0.472 e. The van der Waals surface area contributed by atoms with Crippen LogP contribution in [-0.4, -0.2) is 65.7 Å². The number of ether oxygens (including phenoxy) is 2. The second kappa shape index (κ2) is 39.9. The summed E-state index contributed by atoms with van der Waals surface area (Å²) in [5.41, 5.74) is 0. The molecule has 0 aliphatic rings. The minimum atomic E-state index is -4.61. The summed E-state index contributed by atoms with van der Waals surface area (Å²) in [6.07, 6.45) is 37.4. The van der Waals surface area contributed by atoms with Crippen LogP contribution in [0, 0.1) is 0 Å². The van der Waals surface area contributed by atoms with Crippen molar-refractivity contribution in [3.05, 3.63) is 12.2 Å². The second-order valence-corrected chi connectivity index (χ2v) is 16.5. The Morgan fingerprint density at radius 3 is 1.33 bits per heavy atom. The molecule has 0 saturated carbocycles. The van der Waals surface area contributed by atoms with Crippen molar-refractivity contribution < 1.29 is 47.8 Å². The zero-order chi connectivity index (χ0) is 39.8. The molecule has 54 heavy (non-hydrogen) atoms. The normalized spacial score (nSPS) is 13.9. The molecule has 10 nitrogen and oxygen atoms in total. The molecule has 1 unspecified atom stereocenters. The highest BCUT2D eigenvalue weighted by atomic mass is 31.2. The summed E-state index contributed by atoms with van der Waals surface area (Å²) in [5, 5.41) is 18.3. The molecule has 320 valence electrons. The van der Waals surface area contributed by atoms with Gasteiger partial charge in [0, 0.05) is 12.8 Å². The van der Waals surface area contributed by atoms with E-state index in [0.717, 1.165) is 44.9 Å². The third-order valence-electron chi connectivity index (χ3n) is 9.67. The van der Waals surface area contributed by atoms with Crippen LogP contribution < -0.4 is 0 Å². The number of rotatable bonds is 42. The highest BCUT2D eigenvalue weighted by molar-refractivity contribution is 7.47. The van der Waals surface area contributed by atoms with E-state index in [4.69, 9.17) is 23.6 Å². The van der Waals surface area contributed by atoms with Gasteiger partial charge in [0.15, 0.2) is 6.10 Å². The van der Waals surface area contributed by atoms with Crippen LogP contribution in [0.15, 0.2) is 12.2 Å². The van der Waals surface area contributed by atoms with Gasteiger partial charge in [-0.2, -0.15) is 0 Å². The van der Waals surface area contributed by atoms with Crippen LogP contribution in [0.4, 0.5) is 0 Å². The molecule has 0 amide bonds. The highest BCUT2D eigenvalue weighted by Gasteiger charge is 2.27. The third kappa shape index (κ3) is 39.0. The van der Waals surface area contributed by atoms with Gasteiger partial charge < -0.3 is 24.6 Å². The summed E-state index contributed by atoms with van der Waals surface area (Å²) >= 11 is 0. The number of carbonyl (C=O) groups is 2. The first-order chi connectivity index (χ1) is 26.2. The zero-order valence-electron chi connectivity index (χ0n) is 34.7. The van der Waals surface area contributed by atoms with Crippen molar-refractivity contribution in [3.63, 3.8) is 0 Å².